The van der Waals surface area contributed by atoms with Gasteiger partial charge in [-0.2, -0.15) is 5.10 Å². The standard InChI is InChI=1S/C28H33FN4O3S/c1-18-10-12-19(13-11-18)33-27-24(26(31-33)28(2,3)4)25(20-8-6-7-9-21(20)29)37-17-23(35)32(27)16-22(34)30-14-15-36-5/h6-13,25H,14-17H2,1-5H3,(H,30,34)/t25-/m1/s1. The summed E-state index contributed by atoms with van der Waals surface area (Å²) in [7, 11) is 1.56. The van der Waals surface area contributed by atoms with Gasteiger partial charge in [-0.15, -0.1) is 11.8 Å². The minimum atomic E-state index is -0.477. The third-order valence-electron chi connectivity index (χ3n) is 6.20. The van der Waals surface area contributed by atoms with Crippen LogP contribution in [0.15, 0.2) is 48.5 Å². The van der Waals surface area contributed by atoms with Gasteiger partial charge in [0, 0.05) is 30.2 Å². The first-order valence-corrected chi connectivity index (χ1v) is 13.3. The molecule has 0 saturated carbocycles. The van der Waals surface area contributed by atoms with Gasteiger partial charge in [0.2, 0.25) is 11.8 Å². The van der Waals surface area contributed by atoms with Crippen LogP contribution in [-0.2, 0) is 19.7 Å². The van der Waals surface area contributed by atoms with Crippen molar-refractivity contribution in [3.8, 4) is 5.69 Å². The highest BCUT2D eigenvalue weighted by molar-refractivity contribution is 8.00. The van der Waals surface area contributed by atoms with E-state index in [0.29, 0.717) is 24.5 Å². The van der Waals surface area contributed by atoms with Crippen molar-refractivity contribution >= 4 is 29.4 Å². The van der Waals surface area contributed by atoms with Crippen LogP contribution in [0.5, 0.6) is 0 Å². The number of benzene rings is 2. The maximum Gasteiger partial charge on any atom is 0.240 e. The average molecular weight is 525 g/mol. The topological polar surface area (TPSA) is 76.5 Å². The first-order chi connectivity index (χ1) is 17.6. The predicted molar refractivity (Wildman–Crippen MR) is 145 cm³/mol. The molecule has 0 fully saturated rings. The molecule has 9 heteroatoms. The van der Waals surface area contributed by atoms with Gasteiger partial charge >= 0.3 is 0 Å². The minimum Gasteiger partial charge on any atom is -0.383 e. The van der Waals surface area contributed by atoms with Crippen molar-refractivity contribution in [2.75, 3.05) is 37.5 Å². The lowest BCUT2D eigenvalue weighted by atomic mass is 9.87. The number of ether oxygens (including phenoxy) is 1. The Kier molecular flexibility index (Phi) is 8.04. The van der Waals surface area contributed by atoms with E-state index in [-0.39, 0.29) is 29.9 Å². The molecule has 3 aromatic rings. The van der Waals surface area contributed by atoms with Crippen molar-refractivity contribution in [2.24, 2.45) is 0 Å². The fourth-order valence-electron chi connectivity index (χ4n) is 4.36. The van der Waals surface area contributed by atoms with Crippen LogP contribution in [0.2, 0.25) is 0 Å². The van der Waals surface area contributed by atoms with Crippen LogP contribution in [0.4, 0.5) is 10.2 Å². The number of nitrogens with one attached hydrogen (secondary N) is 1. The Hall–Kier alpha value is -3.17. The predicted octanol–water partition coefficient (Wildman–Crippen LogP) is 4.55. The number of aromatic nitrogens is 2. The summed E-state index contributed by atoms with van der Waals surface area (Å²) < 4.78 is 21.9. The SMILES string of the molecule is COCCNC(=O)CN1C(=O)CS[C@H](c2ccccc2F)c2c(C(C)(C)C)nn(-c3ccc(C)cc3)c21. The number of rotatable bonds is 7. The van der Waals surface area contributed by atoms with Crippen LogP contribution in [-0.4, -0.2) is 54.2 Å². The molecule has 1 N–H and O–H groups in total. The Morgan fingerprint density at radius 3 is 2.54 bits per heavy atom. The molecule has 7 nitrogen and oxygen atoms in total. The van der Waals surface area contributed by atoms with Crippen molar-refractivity contribution < 1.29 is 18.7 Å². The van der Waals surface area contributed by atoms with Gasteiger partial charge in [0.25, 0.3) is 0 Å². The number of halogens is 1. The number of methoxy groups -OCH3 is 1. The number of carbonyl (C=O) groups excluding carboxylic acids is 2. The molecule has 37 heavy (non-hydrogen) atoms. The highest BCUT2D eigenvalue weighted by Crippen LogP contribution is 2.48. The zero-order valence-electron chi connectivity index (χ0n) is 21.9. The zero-order chi connectivity index (χ0) is 26.7. The number of hydrogen-bond acceptors (Lipinski definition) is 5. The van der Waals surface area contributed by atoms with E-state index in [9.17, 15) is 9.59 Å². The number of thioether (sulfide) groups is 1. The highest BCUT2D eigenvalue weighted by atomic mass is 32.2. The van der Waals surface area contributed by atoms with Gasteiger partial charge < -0.3 is 10.1 Å². The van der Waals surface area contributed by atoms with Gasteiger partial charge in [-0.1, -0.05) is 56.7 Å². The first kappa shape index (κ1) is 26.9. The average Bonchev–Trinajstić information content (AvgIpc) is 3.19. The minimum absolute atomic E-state index is 0.0938. The molecule has 0 bridgehead atoms. The molecule has 0 unspecified atom stereocenters. The van der Waals surface area contributed by atoms with Gasteiger partial charge in [-0.3, -0.25) is 14.5 Å². The number of fused-ring (bicyclic) bond motifs is 1. The largest absolute Gasteiger partial charge is 0.383 e. The fraction of sp³-hybridized carbons (Fsp3) is 0.393. The molecule has 196 valence electrons. The van der Waals surface area contributed by atoms with Crippen LogP contribution >= 0.6 is 11.8 Å². The summed E-state index contributed by atoms with van der Waals surface area (Å²) in [4.78, 5) is 28.0. The summed E-state index contributed by atoms with van der Waals surface area (Å²) in [5.74, 6) is -0.289. The molecule has 2 heterocycles. The van der Waals surface area contributed by atoms with Crippen molar-refractivity contribution in [3.63, 3.8) is 0 Å². The number of amides is 2. The molecule has 0 aliphatic carbocycles. The smallest absolute Gasteiger partial charge is 0.240 e. The molecule has 4 rings (SSSR count). The highest BCUT2D eigenvalue weighted by Gasteiger charge is 2.40. The summed E-state index contributed by atoms with van der Waals surface area (Å²) in [5, 5.41) is 7.34. The second kappa shape index (κ2) is 11.1. The lowest BCUT2D eigenvalue weighted by molar-refractivity contribution is -0.123. The Labute approximate surface area is 221 Å². The van der Waals surface area contributed by atoms with Crippen molar-refractivity contribution in [1.29, 1.82) is 0 Å². The Bertz CT molecular complexity index is 1280. The van der Waals surface area contributed by atoms with Crippen molar-refractivity contribution in [1.82, 2.24) is 15.1 Å². The molecule has 1 atom stereocenters. The molecule has 1 aliphatic rings. The van der Waals surface area contributed by atoms with Gasteiger partial charge in [0.05, 0.1) is 29.0 Å². The zero-order valence-corrected chi connectivity index (χ0v) is 22.7. The van der Waals surface area contributed by atoms with Crippen LogP contribution in [0.25, 0.3) is 5.69 Å². The molecule has 2 amide bonds. The van der Waals surface area contributed by atoms with Crippen LogP contribution < -0.4 is 10.2 Å². The molecule has 0 radical (unpaired) electrons. The molecular weight excluding hydrogens is 491 g/mol. The summed E-state index contributed by atoms with van der Waals surface area (Å²) in [5.41, 5.74) is 3.42. The summed E-state index contributed by atoms with van der Waals surface area (Å²) in [6.45, 7) is 8.67. The van der Waals surface area contributed by atoms with E-state index in [4.69, 9.17) is 9.84 Å². The maximum atomic E-state index is 15.2. The summed E-state index contributed by atoms with van der Waals surface area (Å²) in [6, 6.07) is 14.5. The normalized spacial score (nSPS) is 15.9. The summed E-state index contributed by atoms with van der Waals surface area (Å²) in [6.07, 6.45) is 0. The quantitative estimate of drug-likeness (QED) is 0.459. The maximum absolute atomic E-state index is 15.2. The van der Waals surface area contributed by atoms with E-state index in [1.165, 1.54) is 22.7 Å². The molecule has 2 aromatic carbocycles. The third kappa shape index (κ3) is 5.72. The van der Waals surface area contributed by atoms with E-state index in [0.717, 1.165) is 22.5 Å². The number of carbonyl (C=O) groups is 2. The van der Waals surface area contributed by atoms with Crippen LogP contribution in [0.1, 0.15) is 48.4 Å². The lowest BCUT2D eigenvalue weighted by Crippen LogP contribution is -2.43. The fourth-order valence-corrected chi connectivity index (χ4v) is 5.58. The molecular formula is C28H33FN4O3S. The van der Waals surface area contributed by atoms with Gasteiger partial charge in [0.1, 0.15) is 18.2 Å². The van der Waals surface area contributed by atoms with E-state index < -0.39 is 10.7 Å². The molecule has 1 aromatic heterocycles. The van der Waals surface area contributed by atoms with Gasteiger partial charge in [0.15, 0.2) is 0 Å². The second-order valence-corrected chi connectivity index (χ2v) is 11.2. The third-order valence-corrected chi connectivity index (χ3v) is 7.43. The van der Waals surface area contributed by atoms with Crippen molar-refractivity contribution in [2.45, 2.75) is 38.4 Å². The number of nitrogens with zero attached hydrogens (tertiary/aromatic N) is 3. The van der Waals surface area contributed by atoms with Gasteiger partial charge in [-0.05, 0) is 25.1 Å². The van der Waals surface area contributed by atoms with E-state index >= 15 is 4.39 Å². The Morgan fingerprint density at radius 2 is 1.89 bits per heavy atom. The molecule has 0 spiro atoms. The Balaban J connectivity index is 1.96. The monoisotopic (exact) mass is 524 g/mol. The second-order valence-electron chi connectivity index (χ2n) is 10.1. The number of aryl methyl sites for hydroxylation is 1. The van der Waals surface area contributed by atoms with Crippen molar-refractivity contribution in [3.05, 3.63) is 76.7 Å². The van der Waals surface area contributed by atoms with E-state index in [1.807, 2.05) is 52.0 Å². The summed E-state index contributed by atoms with van der Waals surface area (Å²) >= 11 is 1.36. The van der Waals surface area contributed by atoms with Crippen LogP contribution in [0, 0.1) is 12.7 Å². The molecule has 0 saturated heterocycles. The van der Waals surface area contributed by atoms with E-state index in [1.54, 1.807) is 30.0 Å². The lowest BCUT2D eigenvalue weighted by Gasteiger charge is -2.24. The van der Waals surface area contributed by atoms with Crippen LogP contribution in [0.3, 0.4) is 0 Å². The van der Waals surface area contributed by atoms with Gasteiger partial charge in [-0.25, -0.2) is 9.07 Å². The number of anilines is 1. The Morgan fingerprint density at radius 1 is 1.19 bits per heavy atom. The first-order valence-electron chi connectivity index (χ1n) is 12.2. The molecule has 1 aliphatic heterocycles. The number of hydrogen-bond donors (Lipinski definition) is 1. The van der Waals surface area contributed by atoms with E-state index in [2.05, 4.69) is 5.32 Å².